The number of carbonyl (C=O) groups excluding carboxylic acids is 1. The second-order valence-corrected chi connectivity index (χ2v) is 8.11. The highest BCUT2D eigenvalue weighted by molar-refractivity contribution is 6.30. The van der Waals surface area contributed by atoms with Gasteiger partial charge in [-0.2, -0.15) is 0 Å². The molecule has 0 spiro atoms. The quantitative estimate of drug-likeness (QED) is 0.381. The second-order valence-electron chi connectivity index (χ2n) is 7.68. The fourth-order valence-electron chi connectivity index (χ4n) is 3.64. The number of hydrogen-bond acceptors (Lipinski definition) is 2. The van der Waals surface area contributed by atoms with Gasteiger partial charge in [0.05, 0.1) is 6.10 Å². The highest BCUT2D eigenvalue weighted by Crippen LogP contribution is 2.25. The Morgan fingerprint density at radius 1 is 1.19 bits per heavy atom. The Hall–Kier alpha value is -2.36. The largest absolute Gasteiger partial charge is 0.378 e. The molecule has 0 aliphatic carbocycles. The number of hydrogen-bond donors (Lipinski definition) is 1. The van der Waals surface area contributed by atoms with Crippen molar-refractivity contribution in [3.05, 3.63) is 88.5 Å². The van der Waals surface area contributed by atoms with Crippen molar-refractivity contribution < 1.29 is 9.53 Å². The van der Waals surface area contributed by atoms with Gasteiger partial charge in [-0.15, -0.1) is 0 Å². The van der Waals surface area contributed by atoms with Crippen molar-refractivity contribution in [2.75, 3.05) is 13.2 Å². The van der Waals surface area contributed by atoms with Crippen LogP contribution in [0.1, 0.15) is 49.8 Å². The maximum Gasteiger partial charge on any atom is 0.246 e. The van der Waals surface area contributed by atoms with Crippen molar-refractivity contribution in [1.29, 1.82) is 0 Å². The minimum atomic E-state index is -0.114. The summed E-state index contributed by atoms with van der Waals surface area (Å²) in [4.78, 5) is 12.6. The van der Waals surface area contributed by atoms with E-state index in [4.69, 9.17) is 16.3 Å². The molecular formula is C27H34ClNO2. The Morgan fingerprint density at radius 2 is 1.94 bits per heavy atom. The van der Waals surface area contributed by atoms with E-state index in [2.05, 4.69) is 44.0 Å². The Kier molecular flexibility index (Phi) is 10.6. The highest BCUT2D eigenvalue weighted by Gasteiger charge is 2.16. The fraction of sp³-hybridized carbons (Fsp3) is 0.370. The maximum absolute atomic E-state index is 12.6. The average molecular weight is 440 g/mol. The van der Waals surface area contributed by atoms with Crippen LogP contribution in [0.15, 0.2) is 66.8 Å². The molecule has 0 saturated heterocycles. The predicted molar refractivity (Wildman–Crippen MR) is 131 cm³/mol. The van der Waals surface area contributed by atoms with Crippen LogP contribution in [0.5, 0.6) is 0 Å². The molecular weight excluding hydrogens is 406 g/mol. The summed E-state index contributed by atoms with van der Waals surface area (Å²) < 4.78 is 5.86. The molecule has 1 unspecified atom stereocenters. The Labute approximate surface area is 192 Å². The highest BCUT2D eigenvalue weighted by atomic mass is 35.5. The van der Waals surface area contributed by atoms with Crippen LogP contribution in [0, 0.1) is 6.92 Å². The third-order valence-electron chi connectivity index (χ3n) is 5.18. The summed E-state index contributed by atoms with van der Waals surface area (Å²) in [6.45, 7) is 11.3. The third kappa shape index (κ3) is 8.35. The fourth-order valence-corrected chi connectivity index (χ4v) is 3.81. The van der Waals surface area contributed by atoms with E-state index in [1.165, 1.54) is 16.7 Å². The van der Waals surface area contributed by atoms with Gasteiger partial charge in [0.15, 0.2) is 0 Å². The molecule has 31 heavy (non-hydrogen) atoms. The standard InChI is InChI=1S/C27H34ClNO2/c1-5-10-23(26-19-24(28)14-13-20(26)3)15-16-29-27(30)21(4)17-25(31-6-2)18-22-11-8-7-9-12-22/h7-14,19,25H,4-6,15-18H2,1-3H3,(H,29,30)/b23-10-. The molecule has 2 rings (SSSR count). The van der Waals surface area contributed by atoms with Crippen molar-refractivity contribution >= 4 is 23.1 Å². The number of ether oxygens (including phenoxy) is 1. The lowest BCUT2D eigenvalue weighted by Gasteiger charge is -2.18. The molecule has 2 aromatic rings. The summed E-state index contributed by atoms with van der Waals surface area (Å²) in [5.41, 5.74) is 5.27. The number of rotatable bonds is 12. The van der Waals surface area contributed by atoms with Crippen molar-refractivity contribution in [3.8, 4) is 0 Å². The van der Waals surface area contributed by atoms with Crippen LogP contribution in [0.4, 0.5) is 0 Å². The van der Waals surface area contributed by atoms with Gasteiger partial charge < -0.3 is 10.1 Å². The Balaban J connectivity index is 1.91. The molecule has 0 aromatic heterocycles. The molecule has 0 saturated carbocycles. The summed E-state index contributed by atoms with van der Waals surface area (Å²) in [7, 11) is 0. The van der Waals surface area contributed by atoms with Gasteiger partial charge in [0, 0.05) is 30.2 Å². The van der Waals surface area contributed by atoms with E-state index in [0.717, 1.165) is 29.8 Å². The number of benzene rings is 2. The van der Waals surface area contributed by atoms with Crippen LogP contribution in [0.25, 0.3) is 5.57 Å². The first kappa shape index (κ1) is 24.9. The minimum Gasteiger partial charge on any atom is -0.378 e. The first-order valence-corrected chi connectivity index (χ1v) is 11.4. The van der Waals surface area contributed by atoms with Gasteiger partial charge in [0.1, 0.15) is 0 Å². The molecule has 1 amide bonds. The normalized spacial score (nSPS) is 12.5. The molecule has 0 radical (unpaired) electrons. The minimum absolute atomic E-state index is 0.0599. The molecule has 0 aliphatic heterocycles. The summed E-state index contributed by atoms with van der Waals surface area (Å²) in [6, 6.07) is 16.1. The van der Waals surface area contributed by atoms with E-state index in [1.807, 2.05) is 43.3 Å². The number of nitrogens with one attached hydrogen (secondary N) is 1. The zero-order valence-corrected chi connectivity index (χ0v) is 19.7. The van der Waals surface area contributed by atoms with Crippen molar-refractivity contribution in [3.63, 3.8) is 0 Å². The van der Waals surface area contributed by atoms with Gasteiger partial charge in [0.2, 0.25) is 5.91 Å². The van der Waals surface area contributed by atoms with Crippen LogP contribution >= 0.6 is 11.6 Å². The van der Waals surface area contributed by atoms with Gasteiger partial charge in [-0.05, 0) is 67.5 Å². The molecule has 0 heterocycles. The molecule has 1 N–H and O–H groups in total. The van der Waals surface area contributed by atoms with Crippen LogP contribution in [-0.4, -0.2) is 25.2 Å². The van der Waals surface area contributed by atoms with Crippen LogP contribution in [0.2, 0.25) is 5.02 Å². The number of allylic oxidation sites excluding steroid dienone is 1. The van der Waals surface area contributed by atoms with E-state index in [1.54, 1.807) is 0 Å². The monoisotopic (exact) mass is 439 g/mol. The topological polar surface area (TPSA) is 38.3 Å². The Morgan fingerprint density at radius 3 is 2.61 bits per heavy atom. The van der Waals surface area contributed by atoms with E-state index in [-0.39, 0.29) is 12.0 Å². The lowest BCUT2D eigenvalue weighted by atomic mass is 9.97. The molecule has 0 aliphatic rings. The smallest absolute Gasteiger partial charge is 0.246 e. The van der Waals surface area contributed by atoms with E-state index >= 15 is 0 Å². The number of amides is 1. The first-order valence-electron chi connectivity index (χ1n) is 11.0. The van der Waals surface area contributed by atoms with Gasteiger partial charge in [-0.1, -0.05) is 67.6 Å². The summed E-state index contributed by atoms with van der Waals surface area (Å²) >= 11 is 6.20. The van der Waals surface area contributed by atoms with Gasteiger partial charge in [0.25, 0.3) is 0 Å². The first-order chi connectivity index (χ1) is 14.9. The predicted octanol–water partition coefficient (Wildman–Crippen LogP) is 6.54. The van der Waals surface area contributed by atoms with E-state index in [9.17, 15) is 4.79 Å². The summed E-state index contributed by atoms with van der Waals surface area (Å²) in [6.07, 6.45) is 5.09. The van der Waals surface area contributed by atoms with E-state index < -0.39 is 0 Å². The number of halogens is 1. The molecule has 1 atom stereocenters. The SMILES string of the molecule is C=C(CC(Cc1ccccc1)OCC)C(=O)NCC/C(=C/CC)c1cc(Cl)ccc1C. The lowest BCUT2D eigenvalue weighted by Crippen LogP contribution is -2.28. The molecule has 4 heteroatoms. The molecule has 0 bridgehead atoms. The van der Waals surface area contributed by atoms with Crippen molar-refractivity contribution in [1.82, 2.24) is 5.32 Å². The van der Waals surface area contributed by atoms with Crippen LogP contribution in [-0.2, 0) is 16.0 Å². The average Bonchev–Trinajstić information content (AvgIpc) is 2.75. The molecule has 3 nitrogen and oxygen atoms in total. The summed E-state index contributed by atoms with van der Waals surface area (Å²) in [5.74, 6) is -0.114. The van der Waals surface area contributed by atoms with Crippen LogP contribution < -0.4 is 5.32 Å². The molecule has 0 fully saturated rings. The van der Waals surface area contributed by atoms with Gasteiger partial charge >= 0.3 is 0 Å². The number of carbonyl (C=O) groups is 1. The summed E-state index contributed by atoms with van der Waals surface area (Å²) in [5, 5.41) is 3.74. The van der Waals surface area contributed by atoms with Gasteiger partial charge in [-0.25, -0.2) is 0 Å². The van der Waals surface area contributed by atoms with Crippen molar-refractivity contribution in [2.45, 2.75) is 52.6 Å². The molecule has 2 aromatic carbocycles. The third-order valence-corrected chi connectivity index (χ3v) is 5.41. The van der Waals surface area contributed by atoms with Crippen LogP contribution in [0.3, 0.4) is 0 Å². The van der Waals surface area contributed by atoms with E-state index in [0.29, 0.717) is 25.1 Å². The lowest BCUT2D eigenvalue weighted by molar-refractivity contribution is -0.117. The van der Waals surface area contributed by atoms with Gasteiger partial charge in [-0.3, -0.25) is 4.79 Å². The Bertz CT molecular complexity index is 889. The van der Waals surface area contributed by atoms with Crippen molar-refractivity contribution in [2.24, 2.45) is 0 Å². The molecule has 166 valence electrons. The zero-order valence-electron chi connectivity index (χ0n) is 18.9. The maximum atomic E-state index is 12.6. The zero-order chi connectivity index (χ0) is 22.6. The second kappa shape index (κ2) is 13.1. The number of aryl methyl sites for hydroxylation is 1.